The Kier molecular flexibility index (Phi) is 4.77. The normalized spacial score (nSPS) is 18.5. The van der Waals surface area contributed by atoms with Crippen LogP contribution in [0, 0.1) is 0 Å². The number of halogens is 1. The fourth-order valence-electron chi connectivity index (χ4n) is 1.91. The molecule has 0 aliphatic carbocycles. The molecular weight excluding hydrogens is 246 g/mol. The zero-order chi connectivity index (χ0) is 10.8. The monoisotopic (exact) mass is 261 g/mol. The molecule has 16 heavy (non-hydrogen) atoms. The number of thiophene rings is 1. The van der Waals surface area contributed by atoms with E-state index in [0.717, 1.165) is 18.5 Å². The highest BCUT2D eigenvalue weighted by Crippen LogP contribution is 2.31. The van der Waals surface area contributed by atoms with E-state index in [2.05, 4.69) is 12.2 Å². The molecule has 1 aliphatic heterocycles. The van der Waals surface area contributed by atoms with Crippen molar-refractivity contribution in [3.05, 3.63) is 21.4 Å². The van der Waals surface area contributed by atoms with Crippen molar-refractivity contribution in [3.63, 3.8) is 0 Å². The molecule has 0 saturated heterocycles. The van der Waals surface area contributed by atoms with Crippen molar-refractivity contribution in [1.82, 2.24) is 5.32 Å². The van der Waals surface area contributed by atoms with Crippen LogP contribution in [-0.2, 0) is 11.2 Å². The Bertz CT molecular complexity index is 378. The molecule has 1 N–H and O–H groups in total. The quantitative estimate of drug-likeness (QED) is 0.832. The highest BCUT2D eigenvalue weighted by atomic mass is 35.5. The van der Waals surface area contributed by atoms with Crippen molar-refractivity contribution in [2.24, 2.45) is 0 Å². The average molecular weight is 262 g/mol. The molecule has 2 heterocycles. The number of rotatable bonds is 2. The second kappa shape index (κ2) is 5.66. The molecule has 3 nitrogen and oxygen atoms in total. The number of carbonyl (C=O) groups is 1. The SMILES string of the molecule is CCOC(=O)c1csc2c1CCNC2C.Cl. The van der Waals surface area contributed by atoms with Gasteiger partial charge in [-0.25, -0.2) is 4.79 Å². The summed E-state index contributed by atoms with van der Waals surface area (Å²) < 4.78 is 5.03. The lowest BCUT2D eigenvalue weighted by atomic mass is 10.0. The van der Waals surface area contributed by atoms with Crippen LogP contribution in [0.4, 0.5) is 0 Å². The fourth-order valence-corrected chi connectivity index (χ4v) is 3.03. The number of nitrogens with one attached hydrogen (secondary N) is 1. The van der Waals surface area contributed by atoms with Gasteiger partial charge in [-0.15, -0.1) is 23.7 Å². The van der Waals surface area contributed by atoms with E-state index in [-0.39, 0.29) is 18.4 Å². The van der Waals surface area contributed by atoms with Gasteiger partial charge in [0.25, 0.3) is 0 Å². The van der Waals surface area contributed by atoms with Crippen molar-refractivity contribution in [2.75, 3.05) is 13.2 Å². The number of fused-ring (bicyclic) bond motifs is 1. The lowest BCUT2D eigenvalue weighted by molar-refractivity contribution is 0.0525. The molecule has 0 amide bonds. The van der Waals surface area contributed by atoms with Gasteiger partial charge in [0.1, 0.15) is 0 Å². The van der Waals surface area contributed by atoms with Crippen LogP contribution in [0.25, 0.3) is 0 Å². The number of ether oxygens (including phenoxy) is 1. The first-order valence-electron chi connectivity index (χ1n) is 5.24. The Labute approximate surface area is 106 Å². The summed E-state index contributed by atoms with van der Waals surface area (Å²) in [6.07, 6.45) is 0.928. The van der Waals surface area contributed by atoms with Crippen molar-refractivity contribution in [1.29, 1.82) is 0 Å². The predicted molar refractivity (Wildman–Crippen MR) is 67.6 cm³/mol. The van der Waals surface area contributed by atoms with Crippen molar-refractivity contribution < 1.29 is 9.53 Å². The van der Waals surface area contributed by atoms with Crippen LogP contribution in [0.1, 0.15) is 40.7 Å². The molecule has 1 atom stereocenters. The largest absolute Gasteiger partial charge is 0.462 e. The number of hydrogen-bond donors (Lipinski definition) is 1. The second-order valence-electron chi connectivity index (χ2n) is 3.64. The summed E-state index contributed by atoms with van der Waals surface area (Å²) in [4.78, 5) is 12.9. The van der Waals surface area contributed by atoms with E-state index in [0.29, 0.717) is 12.6 Å². The summed E-state index contributed by atoms with van der Waals surface area (Å²) in [6.45, 7) is 5.35. The number of hydrogen-bond acceptors (Lipinski definition) is 4. The molecule has 0 fully saturated rings. The second-order valence-corrected chi connectivity index (χ2v) is 4.55. The molecule has 0 bridgehead atoms. The maximum atomic E-state index is 11.6. The zero-order valence-electron chi connectivity index (χ0n) is 9.41. The highest BCUT2D eigenvalue weighted by Gasteiger charge is 2.24. The number of carbonyl (C=O) groups excluding carboxylic acids is 1. The van der Waals surface area contributed by atoms with E-state index in [1.165, 1.54) is 10.4 Å². The first kappa shape index (κ1) is 13.5. The topological polar surface area (TPSA) is 38.3 Å². The molecule has 1 aliphatic rings. The van der Waals surface area contributed by atoms with E-state index >= 15 is 0 Å². The molecule has 5 heteroatoms. The third kappa shape index (κ3) is 2.39. The van der Waals surface area contributed by atoms with Gasteiger partial charge in [0.05, 0.1) is 12.2 Å². The van der Waals surface area contributed by atoms with E-state index in [1.54, 1.807) is 11.3 Å². The van der Waals surface area contributed by atoms with Crippen LogP contribution in [0.3, 0.4) is 0 Å². The Morgan fingerprint density at radius 1 is 1.69 bits per heavy atom. The molecule has 2 rings (SSSR count). The van der Waals surface area contributed by atoms with Crippen LogP contribution in [0.2, 0.25) is 0 Å². The lowest BCUT2D eigenvalue weighted by Gasteiger charge is -2.20. The average Bonchev–Trinajstić information content (AvgIpc) is 2.63. The molecule has 90 valence electrons. The fraction of sp³-hybridized carbons (Fsp3) is 0.545. The van der Waals surface area contributed by atoms with Crippen LogP contribution >= 0.6 is 23.7 Å². The minimum Gasteiger partial charge on any atom is -0.462 e. The maximum Gasteiger partial charge on any atom is 0.339 e. The van der Waals surface area contributed by atoms with Crippen LogP contribution in [0.15, 0.2) is 5.38 Å². The van der Waals surface area contributed by atoms with Gasteiger partial charge in [-0.1, -0.05) is 0 Å². The standard InChI is InChI=1S/C11H15NO2S.ClH/c1-3-14-11(13)9-6-15-10-7(2)12-5-4-8(9)10;/h6-7,12H,3-5H2,1-2H3;1H. The van der Waals surface area contributed by atoms with Crippen molar-refractivity contribution >= 4 is 29.7 Å². The van der Waals surface area contributed by atoms with E-state index in [4.69, 9.17) is 4.74 Å². The Balaban J connectivity index is 0.00000128. The summed E-state index contributed by atoms with van der Waals surface area (Å²) in [5.41, 5.74) is 1.95. The summed E-state index contributed by atoms with van der Waals surface area (Å²) in [7, 11) is 0. The van der Waals surface area contributed by atoms with Gasteiger partial charge in [-0.05, 0) is 32.4 Å². The van der Waals surface area contributed by atoms with Crippen LogP contribution in [0.5, 0.6) is 0 Å². The van der Waals surface area contributed by atoms with E-state index in [1.807, 2.05) is 12.3 Å². The van der Waals surface area contributed by atoms with Crippen LogP contribution in [-0.4, -0.2) is 19.1 Å². The van der Waals surface area contributed by atoms with Gasteiger partial charge in [-0.3, -0.25) is 0 Å². The summed E-state index contributed by atoms with van der Waals surface area (Å²) >= 11 is 1.65. The van der Waals surface area contributed by atoms with Crippen molar-refractivity contribution in [2.45, 2.75) is 26.3 Å². The number of esters is 1. The van der Waals surface area contributed by atoms with Gasteiger partial charge < -0.3 is 10.1 Å². The molecule has 1 aromatic heterocycles. The van der Waals surface area contributed by atoms with Gasteiger partial charge >= 0.3 is 5.97 Å². The maximum absolute atomic E-state index is 11.6. The molecule has 0 saturated carbocycles. The zero-order valence-corrected chi connectivity index (χ0v) is 11.0. The Hall–Kier alpha value is -0.580. The molecule has 1 unspecified atom stereocenters. The van der Waals surface area contributed by atoms with Crippen LogP contribution < -0.4 is 5.32 Å². The summed E-state index contributed by atoms with van der Waals surface area (Å²) in [6, 6.07) is 0.363. The first-order valence-corrected chi connectivity index (χ1v) is 6.12. The Morgan fingerprint density at radius 3 is 3.12 bits per heavy atom. The summed E-state index contributed by atoms with van der Waals surface area (Å²) in [5.74, 6) is -0.177. The third-order valence-electron chi connectivity index (χ3n) is 2.64. The van der Waals surface area contributed by atoms with E-state index < -0.39 is 0 Å². The van der Waals surface area contributed by atoms with Gasteiger partial charge in [0, 0.05) is 16.3 Å². The Morgan fingerprint density at radius 2 is 2.44 bits per heavy atom. The minimum absolute atomic E-state index is 0. The lowest BCUT2D eigenvalue weighted by Crippen LogP contribution is -2.27. The highest BCUT2D eigenvalue weighted by molar-refractivity contribution is 7.10. The molecule has 0 radical (unpaired) electrons. The summed E-state index contributed by atoms with van der Waals surface area (Å²) in [5, 5.41) is 5.30. The molecule has 0 aromatic carbocycles. The molecule has 1 aromatic rings. The predicted octanol–water partition coefficient (Wildman–Crippen LogP) is 2.55. The third-order valence-corrected chi connectivity index (χ3v) is 3.85. The van der Waals surface area contributed by atoms with Crippen molar-refractivity contribution in [3.8, 4) is 0 Å². The smallest absolute Gasteiger partial charge is 0.339 e. The van der Waals surface area contributed by atoms with E-state index in [9.17, 15) is 4.79 Å². The van der Waals surface area contributed by atoms with Gasteiger partial charge in [0.15, 0.2) is 0 Å². The van der Waals surface area contributed by atoms with Gasteiger partial charge in [0.2, 0.25) is 0 Å². The minimum atomic E-state index is -0.177. The first-order chi connectivity index (χ1) is 7.24. The molecule has 0 spiro atoms. The molecular formula is C11H16ClNO2S. The van der Waals surface area contributed by atoms with Gasteiger partial charge in [-0.2, -0.15) is 0 Å².